The van der Waals surface area contributed by atoms with Gasteiger partial charge in [0.15, 0.2) is 0 Å². The number of allylic oxidation sites excluding steroid dienone is 8. The zero-order chi connectivity index (χ0) is 39.8. The summed E-state index contributed by atoms with van der Waals surface area (Å²) in [4.78, 5) is 33.5. The molecule has 0 fully saturated rings. The number of phosphoric ester groups is 1. The van der Waals surface area contributed by atoms with Crippen LogP contribution in [0.5, 0.6) is 0 Å². The van der Waals surface area contributed by atoms with Gasteiger partial charge in [-0.1, -0.05) is 146 Å². The van der Waals surface area contributed by atoms with Crippen molar-refractivity contribution in [2.24, 2.45) is 5.73 Å². The van der Waals surface area contributed by atoms with Crippen LogP contribution in [0.1, 0.15) is 174 Å². The van der Waals surface area contributed by atoms with Gasteiger partial charge in [0.05, 0.1) is 19.8 Å². The molecule has 0 aromatic carbocycles. The number of hydrogen-bond donors (Lipinski definition) is 3. The summed E-state index contributed by atoms with van der Waals surface area (Å²) in [5.74, 6) is -1.80. The first-order valence-corrected chi connectivity index (χ1v) is 22.7. The third-order valence-corrected chi connectivity index (χ3v) is 9.76. The molecule has 314 valence electrons. The number of esters is 1. The van der Waals surface area contributed by atoms with Crippen LogP contribution >= 0.6 is 7.82 Å². The Kier molecular flexibility index (Phi) is 37.7. The van der Waals surface area contributed by atoms with Crippen LogP contribution in [0.4, 0.5) is 0 Å². The molecule has 0 saturated carbocycles. The SMILES string of the molecule is CCC/C=C\CCCCCCCCOCC(COP(=O)(O)OCC(N)C(=O)O)OC(=O)CCCCCCCC/C=C\C/C=C\C/C=C\CCCCCCC. The zero-order valence-electron chi connectivity index (χ0n) is 34.1. The molecule has 54 heavy (non-hydrogen) atoms. The first-order chi connectivity index (χ1) is 26.2. The average Bonchev–Trinajstić information content (AvgIpc) is 3.15. The number of carbonyl (C=O) groups is 2. The van der Waals surface area contributed by atoms with E-state index in [1.54, 1.807) is 0 Å². The Labute approximate surface area is 329 Å². The number of phosphoric acid groups is 1. The minimum absolute atomic E-state index is 0.00581. The van der Waals surface area contributed by atoms with Gasteiger partial charge in [0.25, 0.3) is 0 Å². The molecule has 11 heteroatoms. The maximum absolute atomic E-state index is 12.6. The third-order valence-electron chi connectivity index (χ3n) is 8.81. The Balaban J connectivity index is 4.24. The number of unbranched alkanes of at least 4 members (excludes halogenated alkanes) is 18. The summed E-state index contributed by atoms with van der Waals surface area (Å²) in [7, 11) is -4.62. The van der Waals surface area contributed by atoms with Crippen LogP contribution in [-0.4, -0.2) is 60.5 Å². The predicted octanol–water partition coefficient (Wildman–Crippen LogP) is 11.5. The van der Waals surface area contributed by atoms with E-state index in [0.717, 1.165) is 83.5 Å². The summed E-state index contributed by atoms with van der Waals surface area (Å²) in [5.41, 5.74) is 5.34. The highest BCUT2D eigenvalue weighted by Crippen LogP contribution is 2.43. The van der Waals surface area contributed by atoms with Gasteiger partial charge in [0.1, 0.15) is 12.1 Å². The lowest BCUT2D eigenvalue weighted by molar-refractivity contribution is -0.154. The molecule has 0 spiro atoms. The largest absolute Gasteiger partial charge is 0.480 e. The van der Waals surface area contributed by atoms with Crippen molar-refractivity contribution < 1.29 is 42.7 Å². The lowest BCUT2D eigenvalue weighted by Crippen LogP contribution is -2.34. The van der Waals surface area contributed by atoms with E-state index in [1.807, 2.05) is 0 Å². The maximum Gasteiger partial charge on any atom is 0.472 e. The maximum atomic E-state index is 12.6. The first kappa shape index (κ1) is 51.9. The van der Waals surface area contributed by atoms with Crippen molar-refractivity contribution in [3.63, 3.8) is 0 Å². The molecule has 0 aliphatic rings. The Bertz CT molecular complexity index is 1050. The predicted molar refractivity (Wildman–Crippen MR) is 221 cm³/mol. The highest BCUT2D eigenvalue weighted by Gasteiger charge is 2.27. The molecule has 0 aliphatic carbocycles. The van der Waals surface area contributed by atoms with Crippen molar-refractivity contribution in [1.29, 1.82) is 0 Å². The number of hydrogen-bond acceptors (Lipinski definition) is 8. The van der Waals surface area contributed by atoms with Gasteiger partial charge in [-0.2, -0.15) is 0 Å². The molecular formula is C43H78NO9P. The minimum atomic E-state index is -4.62. The topological polar surface area (TPSA) is 155 Å². The fraction of sp³-hybridized carbons (Fsp3) is 0.767. The second kappa shape index (κ2) is 39.2. The molecule has 0 bridgehead atoms. The molecule has 0 heterocycles. The summed E-state index contributed by atoms with van der Waals surface area (Å²) < 4.78 is 33.2. The molecule has 0 aromatic heterocycles. The van der Waals surface area contributed by atoms with Crippen LogP contribution < -0.4 is 5.73 Å². The quantitative estimate of drug-likeness (QED) is 0.0237. The molecular weight excluding hydrogens is 705 g/mol. The molecule has 0 aliphatic heterocycles. The fourth-order valence-corrected chi connectivity index (χ4v) is 6.27. The normalized spacial score (nSPS) is 14.4. The molecule has 3 atom stereocenters. The van der Waals surface area contributed by atoms with E-state index in [-0.39, 0.29) is 13.0 Å². The number of rotatable bonds is 40. The smallest absolute Gasteiger partial charge is 0.472 e. The minimum Gasteiger partial charge on any atom is -0.480 e. The molecule has 0 aromatic rings. The standard InChI is InChI=1S/C43H78NO9P/c1-3-5-7-9-11-13-15-16-17-18-19-20-21-22-23-24-25-27-29-31-33-35-42(45)53-40(38-51-54(48,49)52-39-41(44)43(46)47)37-50-36-34-32-30-28-26-14-12-10-8-6-4-2/h8,10,15-16,18-19,21-22,40-41H,3-7,9,11-14,17,20,23-39,44H2,1-2H3,(H,46,47)(H,48,49)/b10-8-,16-15-,19-18-,22-21-. The molecule has 4 N–H and O–H groups in total. The van der Waals surface area contributed by atoms with Gasteiger partial charge in [-0.15, -0.1) is 0 Å². The van der Waals surface area contributed by atoms with Gasteiger partial charge >= 0.3 is 19.8 Å². The van der Waals surface area contributed by atoms with Crippen LogP contribution in [0, 0.1) is 0 Å². The Morgan fingerprint density at radius 3 is 1.61 bits per heavy atom. The lowest BCUT2D eigenvalue weighted by atomic mass is 10.1. The van der Waals surface area contributed by atoms with E-state index < -0.39 is 45.1 Å². The van der Waals surface area contributed by atoms with Crippen molar-refractivity contribution in [2.75, 3.05) is 26.4 Å². The Morgan fingerprint density at radius 1 is 0.593 bits per heavy atom. The zero-order valence-corrected chi connectivity index (χ0v) is 35.0. The number of ether oxygens (including phenoxy) is 2. The molecule has 3 unspecified atom stereocenters. The van der Waals surface area contributed by atoms with E-state index in [1.165, 1.54) is 64.2 Å². The summed E-state index contributed by atoms with van der Waals surface area (Å²) >= 11 is 0. The number of carboxylic acids is 1. The summed E-state index contributed by atoms with van der Waals surface area (Å²) in [6.07, 6.45) is 44.5. The van der Waals surface area contributed by atoms with Gasteiger partial charge in [-0.25, -0.2) is 4.57 Å². The summed E-state index contributed by atoms with van der Waals surface area (Å²) in [6, 6.07) is -1.48. The van der Waals surface area contributed by atoms with E-state index in [0.29, 0.717) is 13.0 Å². The second-order valence-electron chi connectivity index (χ2n) is 14.1. The van der Waals surface area contributed by atoms with Gasteiger partial charge < -0.3 is 25.2 Å². The van der Waals surface area contributed by atoms with Crippen molar-refractivity contribution in [3.05, 3.63) is 48.6 Å². The molecule has 0 saturated heterocycles. The van der Waals surface area contributed by atoms with Crippen molar-refractivity contribution >= 4 is 19.8 Å². The number of aliphatic carboxylic acids is 1. The van der Waals surface area contributed by atoms with Crippen molar-refractivity contribution in [3.8, 4) is 0 Å². The molecule has 0 radical (unpaired) electrons. The first-order valence-electron chi connectivity index (χ1n) is 21.2. The highest BCUT2D eigenvalue weighted by atomic mass is 31.2. The van der Waals surface area contributed by atoms with Crippen LogP contribution in [-0.2, 0) is 32.7 Å². The molecule has 10 nitrogen and oxygen atoms in total. The molecule has 0 amide bonds. The summed E-state index contributed by atoms with van der Waals surface area (Å²) in [5, 5.41) is 8.88. The number of carboxylic acid groups (broad SMARTS) is 1. The monoisotopic (exact) mass is 784 g/mol. The van der Waals surface area contributed by atoms with Crippen LogP contribution in [0.15, 0.2) is 48.6 Å². The summed E-state index contributed by atoms with van der Waals surface area (Å²) in [6.45, 7) is 3.77. The number of carbonyl (C=O) groups excluding carboxylic acids is 1. The lowest BCUT2D eigenvalue weighted by Gasteiger charge is -2.20. The van der Waals surface area contributed by atoms with Gasteiger partial charge in [0.2, 0.25) is 0 Å². The third kappa shape index (κ3) is 38.2. The Morgan fingerprint density at radius 2 is 1.06 bits per heavy atom. The van der Waals surface area contributed by atoms with Crippen LogP contribution in [0.2, 0.25) is 0 Å². The second-order valence-corrected chi connectivity index (χ2v) is 15.6. The van der Waals surface area contributed by atoms with Gasteiger partial charge in [-0.05, 0) is 70.6 Å². The Hall–Kier alpha value is -2.07. The van der Waals surface area contributed by atoms with Crippen LogP contribution in [0.25, 0.3) is 0 Å². The fourth-order valence-electron chi connectivity index (χ4n) is 5.49. The van der Waals surface area contributed by atoms with E-state index in [4.69, 9.17) is 29.4 Å². The van der Waals surface area contributed by atoms with E-state index >= 15 is 0 Å². The van der Waals surface area contributed by atoms with Crippen LogP contribution in [0.3, 0.4) is 0 Å². The van der Waals surface area contributed by atoms with E-state index in [9.17, 15) is 19.0 Å². The van der Waals surface area contributed by atoms with Gasteiger partial charge in [0, 0.05) is 13.0 Å². The van der Waals surface area contributed by atoms with Crippen molar-refractivity contribution in [2.45, 2.75) is 187 Å². The van der Waals surface area contributed by atoms with Crippen molar-refractivity contribution in [1.82, 2.24) is 0 Å². The molecule has 0 rings (SSSR count). The van der Waals surface area contributed by atoms with E-state index in [2.05, 4.69) is 62.5 Å². The highest BCUT2D eigenvalue weighted by molar-refractivity contribution is 7.47. The van der Waals surface area contributed by atoms with Gasteiger partial charge in [-0.3, -0.25) is 18.6 Å². The average molecular weight is 784 g/mol. The number of nitrogens with two attached hydrogens (primary N) is 1.